The molecule has 1 N–H and O–H groups in total. The van der Waals surface area contributed by atoms with Crippen molar-refractivity contribution >= 4 is 0 Å². The van der Waals surface area contributed by atoms with Crippen molar-refractivity contribution in [2.24, 2.45) is 11.8 Å². The van der Waals surface area contributed by atoms with E-state index in [1.807, 2.05) is 0 Å². The summed E-state index contributed by atoms with van der Waals surface area (Å²) < 4.78 is 5.46. The van der Waals surface area contributed by atoms with Crippen LogP contribution in [0, 0.1) is 11.8 Å². The van der Waals surface area contributed by atoms with Crippen LogP contribution in [0.2, 0.25) is 0 Å². The summed E-state index contributed by atoms with van der Waals surface area (Å²) in [7, 11) is 0. The van der Waals surface area contributed by atoms with Gasteiger partial charge in [0.15, 0.2) is 0 Å². The van der Waals surface area contributed by atoms with Crippen LogP contribution in [-0.2, 0) is 4.74 Å². The first-order valence-corrected chi connectivity index (χ1v) is 7.12. The van der Waals surface area contributed by atoms with Gasteiger partial charge in [-0.15, -0.1) is 0 Å². The third-order valence-corrected chi connectivity index (χ3v) is 4.29. The number of rotatable bonds is 3. The number of ether oxygens (including phenoxy) is 1. The van der Waals surface area contributed by atoms with Crippen molar-refractivity contribution in [2.75, 3.05) is 13.2 Å². The lowest BCUT2D eigenvalue weighted by Crippen LogP contribution is -2.30. The second kappa shape index (κ2) is 6.61. The zero-order valence-electron chi connectivity index (χ0n) is 10.4. The number of hydrogen-bond acceptors (Lipinski definition) is 2. The molecule has 1 heterocycles. The minimum absolute atomic E-state index is 0.108. The van der Waals surface area contributed by atoms with Gasteiger partial charge in [-0.3, -0.25) is 0 Å². The zero-order chi connectivity index (χ0) is 11.2. The minimum atomic E-state index is -0.108. The Morgan fingerprint density at radius 2 is 1.75 bits per heavy atom. The molecule has 0 amide bonds. The van der Waals surface area contributed by atoms with E-state index in [0.717, 1.165) is 38.4 Å². The van der Waals surface area contributed by atoms with Crippen LogP contribution >= 0.6 is 0 Å². The summed E-state index contributed by atoms with van der Waals surface area (Å²) in [5, 5.41) is 10.2. The highest BCUT2D eigenvalue weighted by Gasteiger charge is 2.25. The molecule has 94 valence electrons. The average Bonchev–Trinajstić information content (AvgIpc) is 2.59. The number of aliphatic hydroxyl groups excluding tert-OH is 1. The number of hydrogen-bond donors (Lipinski definition) is 1. The summed E-state index contributed by atoms with van der Waals surface area (Å²) >= 11 is 0. The van der Waals surface area contributed by atoms with Crippen LogP contribution in [-0.4, -0.2) is 24.4 Å². The van der Waals surface area contributed by atoms with Gasteiger partial charge < -0.3 is 9.84 Å². The van der Waals surface area contributed by atoms with Gasteiger partial charge in [-0.1, -0.05) is 38.5 Å². The standard InChI is InChI=1S/C14H26O2/c15-14(13-8-5-9-16-11-13)10-12-6-3-1-2-4-7-12/h12-15H,1-11H2. The Kier molecular flexibility index (Phi) is 5.11. The first-order chi connectivity index (χ1) is 7.86. The highest BCUT2D eigenvalue weighted by Crippen LogP contribution is 2.29. The topological polar surface area (TPSA) is 29.5 Å². The van der Waals surface area contributed by atoms with Crippen LogP contribution < -0.4 is 0 Å². The molecule has 1 saturated heterocycles. The van der Waals surface area contributed by atoms with Crippen LogP contribution in [0.25, 0.3) is 0 Å². The van der Waals surface area contributed by atoms with Gasteiger partial charge in [-0.2, -0.15) is 0 Å². The van der Waals surface area contributed by atoms with Crippen molar-refractivity contribution in [1.29, 1.82) is 0 Å². The van der Waals surface area contributed by atoms with Gasteiger partial charge >= 0.3 is 0 Å². The van der Waals surface area contributed by atoms with Gasteiger partial charge in [-0.05, 0) is 25.2 Å². The van der Waals surface area contributed by atoms with E-state index < -0.39 is 0 Å². The zero-order valence-corrected chi connectivity index (χ0v) is 10.4. The first kappa shape index (κ1) is 12.4. The largest absolute Gasteiger partial charge is 0.393 e. The fraction of sp³-hybridized carbons (Fsp3) is 1.00. The van der Waals surface area contributed by atoms with Gasteiger partial charge in [-0.25, -0.2) is 0 Å². The van der Waals surface area contributed by atoms with Crippen LogP contribution in [0.15, 0.2) is 0 Å². The average molecular weight is 226 g/mol. The van der Waals surface area contributed by atoms with Crippen molar-refractivity contribution < 1.29 is 9.84 Å². The number of aliphatic hydroxyl groups is 1. The summed E-state index contributed by atoms with van der Waals surface area (Å²) in [5.41, 5.74) is 0. The van der Waals surface area contributed by atoms with E-state index in [4.69, 9.17) is 4.74 Å². The second-order valence-corrected chi connectivity index (χ2v) is 5.64. The van der Waals surface area contributed by atoms with Crippen molar-refractivity contribution in [1.82, 2.24) is 0 Å². The molecule has 0 radical (unpaired) electrons. The molecule has 0 aromatic carbocycles. The van der Waals surface area contributed by atoms with E-state index >= 15 is 0 Å². The van der Waals surface area contributed by atoms with Crippen LogP contribution in [0.5, 0.6) is 0 Å². The van der Waals surface area contributed by atoms with Crippen LogP contribution in [0.4, 0.5) is 0 Å². The van der Waals surface area contributed by atoms with E-state index in [1.54, 1.807) is 0 Å². The van der Waals surface area contributed by atoms with Crippen LogP contribution in [0.3, 0.4) is 0 Å². The Morgan fingerprint density at radius 1 is 1.00 bits per heavy atom. The lowest BCUT2D eigenvalue weighted by Gasteiger charge is -2.29. The van der Waals surface area contributed by atoms with E-state index in [0.29, 0.717) is 5.92 Å². The third kappa shape index (κ3) is 3.74. The molecule has 0 bridgehead atoms. The maximum Gasteiger partial charge on any atom is 0.0593 e. The van der Waals surface area contributed by atoms with Crippen LogP contribution in [0.1, 0.15) is 57.8 Å². The summed E-state index contributed by atoms with van der Waals surface area (Å²) in [4.78, 5) is 0. The quantitative estimate of drug-likeness (QED) is 0.749. The fourth-order valence-electron chi connectivity index (χ4n) is 3.20. The predicted octanol–water partition coefficient (Wildman–Crippen LogP) is 3.13. The van der Waals surface area contributed by atoms with Crippen molar-refractivity contribution in [3.05, 3.63) is 0 Å². The summed E-state index contributed by atoms with van der Waals surface area (Å²) in [5.74, 6) is 1.19. The molecule has 0 aromatic rings. The van der Waals surface area contributed by atoms with E-state index in [2.05, 4.69) is 0 Å². The monoisotopic (exact) mass is 226 g/mol. The second-order valence-electron chi connectivity index (χ2n) is 5.64. The summed E-state index contributed by atoms with van der Waals surface area (Å²) in [6.45, 7) is 1.68. The maximum atomic E-state index is 10.2. The van der Waals surface area contributed by atoms with Gasteiger partial charge in [0.1, 0.15) is 0 Å². The van der Waals surface area contributed by atoms with E-state index in [-0.39, 0.29) is 6.10 Å². The highest BCUT2D eigenvalue weighted by atomic mass is 16.5. The molecule has 1 aliphatic heterocycles. The SMILES string of the molecule is OC(CC1CCCCCC1)C1CCCOC1. The summed E-state index contributed by atoms with van der Waals surface area (Å²) in [6, 6.07) is 0. The Balaban J connectivity index is 1.73. The molecule has 2 fully saturated rings. The molecule has 2 atom stereocenters. The summed E-state index contributed by atoms with van der Waals surface area (Å²) in [6.07, 6.45) is 11.4. The van der Waals surface area contributed by atoms with Crippen molar-refractivity contribution in [3.63, 3.8) is 0 Å². The molecule has 2 aliphatic rings. The Hall–Kier alpha value is -0.0800. The molecule has 1 saturated carbocycles. The molecule has 2 rings (SSSR count). The Morgan fingerprint density at radius 3 is 2.38 bits per heavy atom. The maximum absolute atomic E-state index is 10.2. The molecular weight excluding hydrogens is 200 g/mol. The van der Waals surface area contributed by atoms with Crippen molar-refractivity contribution in [3.8, 4) is 0 Å². The Bertz CT molecular complexity index is 179. The molecule has 16 heavy (non-hydrogen) atoms. The van der Waals surface area contributed by atoms with Gasteiger partial charge in [0.05, 0.1) is 12.7 Å². The molecule has 0 spiro atoms. The first-order valence-electron chi connectivity index (χ1n) is 7.12. The fourth-order valence-corrected chi connectivity index (χ4v) is 3.20. The molecule has 2 heteroatoms. The molecule has 2 unspecified atom stereocenters. The Labute approximate surface area is 99.4 Å². The highest BCUT2D eigenvalue weighted by molar-refractivity contribution is 4.76. The molecule has 1 aliphatic carbocycles. The van der Waals surface area contributed by atoms with E-state index in [1.165, 1.54) is 38.5 Å². The molecular formula is C14H26O2. The van der Waals surface area contributed by atoms with E-state index in [9.17, 15) is 5.11 Å². The van der Waals surface area contributed by atoms with Gasteiger partial charge in [0.2, 0.25) is 0 Å². The lowest BCUT2D eigenvalue weighted by atomic mass is 9.86. The van der Waals surface area contributed by atoms with Gasteiger partial charge in [0, 0.05) is 12.5 Å². The predicted molar refractivity (Wildman–Crippen MR) is 65.4 cm³/mol. The van der Waals surface area contributed by atoms with Crippen molar-refractivity contribution in [2.45, 2.75) is 63.9 Å². The molecule has 0 aromatic heterocycles. The normalized spacial score (nSPS) is 30.9. The van der Waals surface area contributed by atoms with Gasteiger partial charge in [0.25, 0.3) is 0 Å². The molecule has 2 nitrogen and oxygen atoms in total. The smallest absolute Gasteiger partial charge is 0.0593 e. The lowest BCUT2D eigenvalue weighted by molar-refractivity contribution is -0.0184. The third-order valence-electron chi connectivity index (χ3n) is 4.29. The minimum Gasteiger partial charge on any atom is -0.393 e.